The third-order valence-corrected chi connectivity index (χ3v) is 7.06. The molecule has 2 atom stereocenters. The van der Waals surface area contributed by atoms with E-state index in [1.165, 1.54) is 24.7 Å². The zero-order valence-electron chi connectivity index (χ0n) is 19.7. The van der Waals surface area contributed by atoms with Crippen molar-refractivity contribution in [2.45, 2.75) is 44.6 Å². The number of nitrogens with zero attached hydrogens (tertiary/aromatic N) is 4. The molecule has 3 aromatic heterocycles. The minimum Gasteiger partial charge on any atom is -0.364 e. The van der Waals surface area contributed by atoms with Gasteiger partial charge in [-0.25, -0.2) is 15.0 Å². The number of pyridine rings is 1. The lowest BCUT2D eigenvalue weighted by Crippen LogP contribution is -2.16. The van der Waals surface area contributed by atoms with Gasteiger partial charge in [0.25, 0.3) is 0 Å². The molecular formula is C27H25ClN6O2. The van der Waals surface area contributed by atoms with E-state index in [1.54, 1.807) is 13.0 Å². The number of Topliss-reactive ketones (excluding diaryl/α,β-unsaturated/α-hetero) is 1. The number of halogens is 1. The molecule has 1 amide bonds. The van der Waals surface area contributed by atoms with Crippen molar-refractivity contribution in [1.29, 1.82) is 0 Å². The van der Waals surface area contributed by atoms with Crippen LogP contribution in [0.5, 0.6) is 0 Å². The normalized spacial score (nSPS) is 18.7. The topological polar surface area (TPSA) is 101 Å². The number of hydrogen-bond donors (Lipinski definition) is 2. The molecule has 0 bridgehead atoms. The lowest BCUT2D eigenvalue weighted by molar-refractivity contribution is -0.117. The maximum absolute atomic E-state index is 12.7. The van der Waals surface area contributed by atoms with Crippen LogP contribution < -0.4 is 10.6 Å². The highest BCUT2D eigenvalue weighted by Crippen LogP contribution is 2.48. The van der Waals surface area contributed by atoms with Crippen LogP contribution in [0.2, 0.25) is 5.02 Å². The highest BCUT2D eigenvalue weighted by atomic mass is 35.5. The number of benzene rings is 1. The number of carbonyl (C=O) groups excluding carboxylic acids is 2. The fraction of sp³-hybridized carbons (Fsp3) is 0.296. The first-order valence-electron chi connectivity index (χ1n) is 12.1. The first-order chi connectivity index (χ1) is 17.4. The minimum absolute atomic E-state index is 0.0112. The van der Waals surface area contributed by atoms with Crippen molar-refractivity contribution in [3.05, 3.63) is 82.5 Å². The molecule has 1 aromatic carbocycles. The number of nitrogens with one attached hydrogen (secondary N) is 2. The van der Waals surface area contributed by atoms with Crippen LogP contribution >= 0.6 is 11.6 Å². The summed E-state index contributed by atoms with van der Waals surface area (Å²) in [5.74, 6) is 1.59. The van der Waals surface area contributed by atoms with Crippen LogP contribution in [0.4, 0.5) is 11.6 Å². The monoisotopic (exact) mass is 500 g/mol. The molecule has 4 aromatic rings. The predicted molar refractivity (Wildman–Crippen MR) is 137 cm³/mol. The number of imidazole rings is 1. The fourth-order valence-electron chi connectivity index (χ4n) is 4.67. The molecule has 182 valence electrons. The molecule has 0 radical (unpaired) electrons. The molecule has 2 aliphatic rings. The van der Waals surface area contributed by atoms with E-state index in [9.17, 15) is 9.59 Å². The molecule has 6 rings (SSSR count). The Bertz CT molecular complexity index is 1490. The number of amides is 1. The molecule has 0 aliphatic heterocycles. The largest absolute Gasteiger partial charge is 0.364 e. The Morgan fingerprint density at radius 3 is 2.69 bits per heavy atom. The van der Waals surface area contributed by atoms with E-state index in [0.29, 0.717) is 40.3 Å². The summed E-state index contributed by atoms with van der Waals surface area (Å²) in [4.78, 5) is 38.1. The number of rotatable bonds is 8. The second-order valence-electron chi connectivity index (χ2n) is 9.62. The van der Waals surface area contributed by atoms with Crippen molar-refractivity contribution in [1.82, 2.24) is 19.4 Å². The summed E-state index contributed by atoms with van der Waals surface area (Å²) < 4.78 is 1.94. The fourth-order valence-corrected chi connectivity index (χ4v) is 4.87. The van der Waals surface area contributed by atoms with Crippen LogP contribution in [0, 0.1) is 5.92 Å². The van der Waals surface area contributed by atoms with Crippen LogP contribution in [0.1, 0.15) is 65.2 Å². The highest BCUT2D eigenvalue weighted by molar-refractivity contribution is 6.30. The Morgan fingerprint density at radius 1 is 1.08 bits per heavy atom. The molecule has 2 fully saturated rings. The van der Waals surface area contributed by atoms with Crippen LogP contribution in [0.3, 0.4) is 0 Å². The van der Waals surface area contributed by atoms with E-state index >= 15 is 0 Å². The summed E-state index contributed by atoms with van der Waals surface area (Å²) in [5, 5.41) is 6.82. The van der Waals surface area contributed by atoms with E-state index in [0.717, 1.165) is 17.7 Å². The Kier molecular flexibility index (Phi) is 5.68. The summed E-state index contributed by atoms with van der Waals surface area (Å²) in [5.41, 5.74) is 4.37. The lowest BCUT2D eigenvalue weighted by Gasteiger charge is -2.07. The van der Waals surface area contributed by atoms with Gasteiger partial charge in [0.2, 0.25) is 5.91 Å². The second-order valence-corrected chi connectivity index (χ2v) is 10.1. The summed E-state index contributed by atoms with van der Waals surface area (Å²) in [7, 11) is 0. The van der Waals surface area contributed by atoms with Crippen LogP contribution in [-0.2, 0) is 11.3 Å². The molecule has 0 saturated heterocycles. The third kappa shape index (κ3) is 4.68. The zero-order valence-corrected chi connectivity index (χ0v) is 20.5. The van der Waals surface area contributed by atoms with Crippen molar-refractivity contribution in [3.8, 4) is 0 Å². The summed E-state index contributed by atoms with van der Waals surface area (Å²) in [6.45, 7) is 2.00. The zero-order chi connectivity index (χ0) is 24.8. The van der Waals surface area contributed by atoms with Gasteiger partial charge in [0, 0.05) is 29.4 Å². The average molecular weight is 501 g/mol. The summed E-state index contributed by atoms with van der Waals surface area (Å²) in [6.07, 6.45) is 8.55. The molecule has 8 nitrogen and oxygen atoms in total. The molecule has 9 heteroatoms. The number of aromatic nitrogens is 4. The van der Waals surface area contributed by atoms with Gasteiger partial charge in [-0.15, -0.1) is 0 Å². The van der Waals surface area contributed by atoms with Gasteiger partial charge in [0.15, 0.2) is 5.78 Å². The summed E-state index contributed by atoms with van der Waals surface area (Å²) >= 11 is 6.09. The highest BCUT2D eigenvalue weighted by Gasteiger charge is 2.44. The van der Waals surface area contributed by atoms with Gasteiger partial charge < -0.3 is 15.0 Å². The van der Waals surface area contributed by atoms with Gasteiger partial charge in [-0.1, -0.05) is 23.7 Å². The van der Waals surface area contributed by atoms with Crippen LogP contribution in [-0.4, -0.2) is 31.0 Å². The van der Waals surface area contributed by atoms with E-state index in [2.05, 4.69) is 31.8 Å². The molecular weight excluding hydrogens is 476 g/mol. The van der Waals surface area contributed by atoms with E-state index < -0.39 is 0 Å². The van der Waals surface area contributed by atoms with Gasteiger partial charge in [-0.3, -0.25) is 9.59 Å². The Morgan fingerprint density at radius 2 is 1.92 bits per heavy atom. The smallest absolute Gasteiger partial charge is 0.229 e. The van der Waals surface area contributed by atoms with E-state index in [-0.39, 0.29) is 23.5 Å². The van der Waals surface area contributed by atoms with Crippen molar-refractivity contribution in [2.75, 3.05) is 10.6 Å². The molecule has 2 N–H and O–H groups in total. The second kappa shape index (κ2) is 9.02. The standard InChI is InChI=1S/C27H25ClN6O2/c1-15(35)21-8-18(16-5-6-16)12-34-13-20(32-26(21)34)11-29-24-10-25(31-14-30-24)33-27(36)23-9-22(23)17-3-2-4-19(28)7-17/h2-4,7-8,10,12-14,16,22-23H,5-6,9,11H2,1H3,(H2,29,30,31,33,36). The Balaban J connectivity index is 1.11. The van der Waals surface area contributed by atoms with Gasteiger partial charge in [0.05, 0.1) is 17.8 Å². The lowest BCUT2D eigenvalue weighted by atomic mass is 10.1. The van der Waals surface area contributed by atoms with Crippen molar-refractivity contribution < 1.29 is 9.59 Å². The van der Waals surface area contributed by atoms with Crippen molar-refractivity contribution in [3.63, 3.8) is 0 Å². The molecule has 0 spiro atoms. The minimum atomic E-state index is -0.0937. The van der Waals surface area contributed by atoms with Gasteiger partial charge >= 0.3 is 0 Å². The quantitative estimate of drug-likeness (QED) is 0.322. The Labute approximate surface area is 213 Å². The Hall–Kier alpha value is -3.78. The van der Waals surface area contributed by atoms with Crippen molar-refractivity contribution >= 4 is 40.6 Å². The third-order valence-electron chi connectivity index (χ3n) is 6.82. The predicted octanol–water partition coefficient (Wildman–Crippen LogP) is 5.21. The first-order valence-corrected chi connectivity index (χ1v) is 12.5. The first kappa shape index (κ1) is 22.7. The molecule has 2 saturated carbocycles. The number of anilines is 2. The molecule has 3 heterocycles. The molecule has 2 aliphatic carbocycles. The van der Waals surface area contributed by atoms with E-state index in [4.69, 9.17) is 11.6 Å². The molecule has 2 unspecified atom stereocenters. The summed E-state index contributed by atoms with van der Waals surface area (Å²) in [6, 6.07) is 11.3. The number of carbonyl (C=O) groups is 2. The maximum atomic E-state index is 12.7. The van der Waals surface area contributed by atoms with Gasteiger partial charge in [-0.05, 0) is 67.3 Å². The van der Waals surface area contributed by atoms with Gasteiger partial charge in [0.1, 0.15) is 23.6 Å². The SMILES string of the molecule is CC(=O)c1cc(C2CC2)cn2cc(CNc3cc(NC(=O)C4CC4c4cccc(Cl)c4)ncn3)nc12. The van der Waals surface area contributed by atoms with Crippen molar-refractivity contribution in [2.24, 2.45) is 5.92 Å². The number of ketones is 1. The van der Waals surface area contributed by atoms with Crippen LogP contribution in [0.15, 0.2) is 55.1 Å². The number of hydrogen-bond acceptors (Lipinski definition) is 6. The maximum Gasteiger partial charge on any atom is 0.229 e. The molecule has 36 heavy (non-hydrogen) atoms. The number of fused-ring (bicyclic) bond motifs is 1. The van der Waals surface area contributed by atoms with Gasteiger partial charge in [-0.2, -0.15) is 0 Å². The van der Waals surface area contributed by atoms with E-state index in [1.807, 2.05) is 40.9 Å². The average Bonchev–Trinajstić information content (AvgIpc) is 3.78. The van der Waals surface area contributed by atoms with Crippen LogP contribution in [0.25, 0.3) is 5.65 Å².